The Morgan fingerprint density at radius 2 is 2.11 bits per heavy atom. The first-order valence-corrected chi connectivity index (χ1v) is 6.41. The van der Waals surface area contributed by atoms with Gasteiger partial charge in [0.2, 0.25) is 0 Å². The SMILES string of the molecule is C[C@H]1Cc2cccc(C(=O)N3CCOCC3)c2O1. The monoisotopic (exact) mass is 247 g/mol. The maximum atomic E-state index is 12.5. The zero-order valence-corrected chi connectivity index (χ0v) is 10.5. The number of nitrogens with zero attached hydrogens (tertiary/aromatic N) is 1. The molecular formula is C14H17NO3. The maximum absolute atomic E-state index is 12.5. The summed E-state index contributed by atoms with van der Waals surface area (Å²) in [6.45, 7) is 4.61. The summed E-state index contributed by atoms with van der Waals surface area (Å²) < 4.78 is 11.0. The van der Waals surface area contributed by atoms with Crippen molar-refractivity contribution in [2.24, 2.45) is 0 Å². The number of hydrogen-bond donors (Lipinski definition) is 0. The van der Waals surface area contributed by atoms with Crippen molar-refractivity contribution in [1.82, 2.24) is 4.90 Å². The number of hydrogen-bond acceptors (Lipinski definition) is 3. The van der Waals surface area contributed by atoms with Gasteiger partial charge in [-0.1, -0.05) is 12.1 Å². The number of amides is 1. The molecule has 0 spiro atoms. The zero-order valence-electron chi connectivity index (χ0n) is 10.5. The summed E-state index contributed by atoms with van der Waals surface area (Å²) in [4.78, 5) is 14.3. The zero-order chi connectivity index (χ0) is 12.5. The van der Waals surface area contributed by atoms with Gasteiger partial charge in [-0.3, -0.25) is 4.79 Å². The van der Waals surface area contributed by atoms with Crippen molar-refractivity contribution in [2.75, 3.05) is 26.3 Å². The third-order valence-corrected chi connectivity index (χ3v) is 3.45. The highest BCUT2D eigenvalue weighted by Crippen LogP contribution is 2.33. The summed E-state index contributed by atoms with van der Waals surface area (Å²) in [6.07, 6.45) is 1.05. The van der Waals surface area contributed by atoms with Crippen LogP contribution in [0, 0.1) is 0 Å². The number of carbonyl (C=O) groups is 1. The van der Waals surface area contributed by atoms with Crippen molar-refractivity contribution in [3.8, 4) is 5.75 Å². The molecule has 18 heavy (non-hydrogen) atoms. The van der Waals surface area contributed by atoms with Gasteiger partial charge >= 0.3 is 0 Å². The van der Waals surface area contributed by atoms with Crippen LogP contribution in [0.5, 0.6) is 5.75 Å². The lowest BCUT2D eigenvalue weighted by Gasteiger charge is -2.27. The topological polar surface area (TPSA) is 38.8 Å². The van der Waals surface area contributed by atoms with Crippen LogP contribution >= 0.6 is 0 Å². The molecule has 1 amide bonds. The number of rotatable bonds is 1. The van der Waals surface area contributed by atoms with E-state index in [1.54, 1.807) is 0 Å². The summed E-state index contributed by atoms with van der Waals surface area (Å²) >= 11 is 0. The van der Waals surface area contributed by atoms with Crippen LogP contribution in [0.1, 0.15) is 22.8 Å². The van der Waals surface area contributed by atoms with Crippen LogP contribution in [0.25, 0.3) is 0 Å². The summed E-state index contributed by atoms with van der Waals surface area (Å²) in [7, 11) is 0. The average molecular weight is 247 g/mol. The van der Waals surface area contributed by atoms with Crippen molar-refractivity contribution >= 4 is 5.91 Å². The second kappa shape index (κ2) is 4.61. The van der Waals surface area contributed by atoms with Crippen LogP contribution in [0.3, 0.4) is 0 Å². The first kappa shape index (κ1) is 11.5. The molecule has 0 bridgehead atoms. The van der Waals surface area contributed by atoms with Crippen molar-refractivity contribution < 1.29 is 14.3 Å². The Hall–Kier alpha value is -1.55. The largest absolute Gasteiger partial charge is 0.489 e. The molecular weight excluding hydrogens is 230 g/mol. The Morgan fingerprint density at radius 3 is 2.89 bits per heavy atom. The fraction of sp³-hybridized carbons (Fsp3) is 0.500. The number of morpholine rings is 1. The molecule has 2 aliphatic heterocycles. The van der Waals surface area contributed by atoms with Gasteiger partial charge in [0.25, 0.3) is 5.91 Å². The Bertz CT molecular complexity index is 466. The van der Waals surface area contributed by atoms with Gasteiger partial charge in [-0.15, -0.1) is 0 Å². The molecule has 1 aromatic carbocycles. The van der Waals surface area contributed by atoms with E-state index in [1.807, 2.05) is 30.0 Å². The number of ether oxygens (including phenoxy) is 2. The number of benzene rings is 1. The molecule has 0 radical (unpaired) electrons. The lowest BCUT2D eigenvalue weighted by molar-refractivity contribution is 0.0300. The molecule has 1 aromatic rings. The maximum Gasteiger partial charge on any atom is 0.257 e. The number of para-hydroxylation sites is 1. The van der Waals surface area contributed by atoms with Gasteiger partial charge in [-0.05, 0) is 18.6 Å². The fourth-order valence-corrected chi connectivity index (χ4v) is 2.54. The van der Waals surface area contributed by atoms with Crippen molar-refractivity contribution in [2.45, 2.75) is 19.4 Å². The van der Waals surface area contributed by atoms with E-state index >= 15 is 0 Å². The molecule has 2 heterocycles. The van der Waals surface area contributed by atoms with Crippen LogP contribution in [0.15, 0.2) is 18.2 Å². The Morgan fingerprint density at radius 1 is 1.33 bits per heavy atom. The van der Waals surface area contributed by atoms with E-state index in [4.69, 9.17) is 9.47 Å². The second-order valence-corrected chi connectivity index (χ2v) is 4.83. The number of fused-ring (bicyclic) bond motifs is 1. The summed E-state index contributed by atoms with van der Waals surface area (Å²) in [5, 5.41) is 0. The van der Waals surface area contributed by atoms with E-state index in [0.717, 1.165) is 17.7 Å². The summed E-state index contributed by atoms with van der Waals surface area (Å²) in [5.74, 6) is 0.839. The van der Waals surface area contributed by atoms with Crippen molar-refractivity contribution in [3.63, 3.8) is 0 Å². The molecule has 2 aliphatic rings. The van der Waals surface area contributed by atoms with E-state index in [2.05, 4.69) is 0 Å². The van der Waals surface area contributed by atoms with Crippen LogP contribution in [0.2, 0.25) is 0 Å². The van der Waals surface area contributed by atoms with Crippen LogP contribution in [-0.2, 0) is 11.2 Å². The highest BCUT2D eigenvalue weighted by molar-refractivity contribution is 5.97. The van der Waals surface area contributed by atoms with E-state index in [9.17, 15) is 4.79 Å². The minimum absolute atomic E-state index is 0.0595. The first-order chi connectivity index (χ1) is 8.75. The predicted octanol–water partition coefficient (Wildman–Crippen LogP) is 1.48. The van der Waals surface area contributed by atoms with Crippen LogP contribution in [-0.4, -0.2) is 43.2 Å². The minimum Gasteiger partial charge on any atom is -0.489 e. The van der Waals surface area contributed by atoms with Crippen molar-refractivity contribution in [1.29, 1.82) is 0 Å². The molecule has 1 atom stereocenters. The van der Waals surface area contributed by atoms with E-state index in [1.165, 1.54) is 0 Å². The molecule has 96 valence electrons. The standard InChI is InChI=1S/C14H17NO3/c1-10-9-11-3-2-4-12(13(11)18-10)14(16)15-5-7-17-8-6-15/h2-4,10H,5-9H2,1H3/t10-/m0/s1. The quantitative estimate of drug-likeness (QED) is 0.754. The summed E-state index contributed by atoms with van der Waals surface area (Å²) in [5.41, 5.74) is 1.83. The Balaban J connectivity index is 1.88. The molecule has 4 heteroatoms. The highest BCUT2D eigenvalue weighted by atomic mass is 16.5. The molecule has 3 rings (SSSR count). The Labute approximate surface area is 106 Å². The molecule has 0 aromatic heterocycles. The van der Waals surface area contributed by atoms with Gasteiger partial charge < -0.3 is 14.4 Å². The summed E-state index contributed by atoms with van der Waals surface area (Å²) in [6, 6.07) is 5.83. The van der Waals surface area contributed by atoms with Crippen LogP contribution < -0.4 is 4.74 Å². The normalized spacial score (nSPS) is 22.5. The van der Waals surface area contributed by atoms with Gasteiger partial charge in [-0.2, -0.15) is 0 Å². The molecule has 4 nitrogen and oxygen atoms in total. The van der Waals surface area contributed by atoms with Gasteiger partial charge in [-0.25, -0.2) is 0 Å². The van der Waals surface area contributed by atoms with E-state index in [-0.39, 0.29) is 12.0 Å². The third-order valence-electron chi connectivity index (χ3n) is 3.45. The fourth-order valence-electron chi connectivity index (χ4n) is 2.54. The van der Waals surface area contributed by atoms with Crippen LogP contribution in [0.4, 0.5) is 0 Å². The first-order valence-electron chi connectivity index (χ1n) is 6.41. The predicted molar refractivity (Wildman–Crippen MR) is 67.0 cm³/mol. The van der Waals surface area contributed by atoms with Gasteiger partial charge in [0.1, 0.15) is 11.9 Å². The second-order valence-electron chi connectivity index (χ2n) is 4.83. The average Bonchev–Trinajstić information content (AvgIpc) is 2.79. The lowest BCUT2D eigenvalue weighted by Crippen LogP contribution is -2.40. The van der Waals surface area contributed by atoms with Gasteiger partial charge in [0, 0.05) is 19.5 Å². The van der Waals surface area contributed by atoms with E-state index < -0.39 is 0 Å². The molecule has 0 unspecified atom stereocenters. The van der Waals surface area contributed by atoms with E-state index in [0.29, 0.717) is 31.9 Å². The molecule has 1 fully saturated rings. The number of carbonyl (C=O) groups excluding carboxylic acids is 1. The minimum atomic E-state index is 0.0595. The molecule has 0 N–H and O–H groups in total. The lowest BCUT2D eigenvalue weighted by atomic mass is 10.1. The highest BCUT2D eigenvalue weighted by Gasteiger charge is 2.27. The molecule has 1 saturated heterocycles. The molecule has 0 aliphatic carbocycles. The smallest absolute Gasteiger partial charge is 0.257 e. The van der Waals surface area contributed by atoms with Gasteiger partial charge in [0.05, 0.1) is 18.8 Å². The third kappa shape index (κ3) is 1.97. The van der Waals surface area contributed by atoms with Crippen molar-refractivity contribution in [3.05, 3.63) is 29.3 Å². The molecule has 0 saturated carbocycles. The Kier molecular flexibility index (Phi) is 2.96. The van der Waals surface area contributed by atoms with Gasteiger partial charge in [0.15, 0.2) is 0 Å².